The van der Waals surface area contributed by atoms with E-state index in [1.807, 2.05) is 30.5 Å². The predicted octanol–water partition coefficient (Wildman–Crippen LogP) is 2.82. The van der Waals surface area contributed by atoms with Gasteiger partial charge in [0.05, 0.1) is 6.61 Å². The van der Waals surface area contributed by atoms with E-state index in [0.717, 1.165) is 16.5 Å². The first-order valence-corrected chi connectivity index (χ1v) is 8.22. The van der Waals surface area contributed by atoms with Crippen molar-refractivity contribution in [1.29, 1.82) is 0 Å². The van der Waals surface area contributed by atoms with E-state index < -0.39 is 24.4 Å². The van der Waals surface area contributed by atoms with Crippen molar-refractivity contribution >= 4 is 16.8 Å². The maximum atomic E-state index is 13.0. The number of rotatable bonds is 5. The third kappa shape index (κ3) is 3.42. The van der Waals surface area contributed by atoms with Crippen LogP contribution in [0.3, 0.4) is 0 Å². The number of nitrogens with one attached hydrogen (secondary N) is 2. The van der Waals surface area contributed by atoms with Gasteiger partial charge in [0.25, 0.3) is 11.8 Å². The van der Waals surface area contributed by atoms with Gasteiger partial charge < -0.3 is 19.9 Å². The number of amides is 1. The topological polar surface area (TPSA) is 104 Å². The second-order valence-electron chi connectivity index (χ2n) is 5.95. The Balaban J connectivity index is 1.54. The van der Waals surface area contributed by atoms with Crippen molar-refractivity contribution in [3.8, 4) is 11.4 Å². The highest BCUT2D eigenvalue weighted by Gasteiger charge is 2.22. The van der Waals surface area contributed by atoms with Gasteiger partial charge in [0, 0.05) is 28.2 Å². The monoisotopic (exact) mass is 366 g/mol. The second kappa shape index (κ2) is 7.00. The Bertz CT molecular complexity index is 1090. The standard InChI is InChI=1S/C19H15FN4O3/c20-14-4-1-11(2-5-14)18(26)22-16(10-25)19-23-17(24-27-19)13-3-6-15-12(9-13)7-8-21-15/h1-9,16,21,25H,10H2,(H,22,26)/t16-/m0/s1. The SMILES string of the molecule is O=C(N[C@@H](CO)c1nc(-c2ccc3[nH]ccc3c2)no1)c1ccc(F)cc1. The molecule has 3 N–H and O–H groups in total. The quantitative estimate of drug-likeness (QED) is 0.504. The van der Waals surface area contributed by atoms with E-state index >= 15 is 0 Å². The lowest BCUT2D eigenvalue weighted by atomic mass is 10.1. The Morgan fingerprint density at radius 1 is 1.22 bits per heavy atom. The molecule has 0 bridgehead atoms. The Labute approximate surface area is 152 Å². The zero-order valence-electron chi connectivity index (χ0n) is 14.0. The molecule has 0 unspecified atom stereocenters. The van der Waals surface area contributed by atoms with Crippen molar-refractivity contribution < 1.29 is 18.8 Å². The Kier molecular flexibility index (Phi) is 4.39. The third-order valence-corrected chi connectivity index (χ3v) is 4.15. The van der Waals surface area contributed by atoms with Gasteiger partial charge in [-0.15, -0.1) is 0 Å². The Morgan fingerprint density at radius 3 is 2.81 bits per heavy atom. The number of hydrogen-bond donors (Lipinski definition) is 3. The number of H-pyrrole nitrogens is 1. The first-order valence-electron chi connectivity index (χ1n) is 8.22. The van der Waals surface area contributed by atoms with Crippen LogP contribution < -0.4 is 5.32 Å². The lowest BCUT2D eigenvalue weighted by molar-refractivity contribution is 0.0901. The van der Waals surface area contributed by atoms with Gasteiger partial charge in [0.1, 0.15) is 11.9 Å². The van der Waals surface area contributed by atoms with Crippen LogP contribution >= 0.6 is 0 Å². The molecule has 2 aromatic heterocycles. The molecular weight excluding hydrogens is 351 g/mol. The number of carbonyl (C=O) groups is 1. The number of aliphatic hydroxyl groups excluding tert-OH is 1. The largest absolute Gasteiger partial charge is 0.394 e. The molecule has 4 rings (SSSR count). The summed E-state index contributed by atoms with van der Waals surface area (Å²) in [6, 6.07) is 11.8. The van der Waals surface area contributed by atoms with Gasteiger partial charge in [-0.2, -0.15) is 4.98 Å². The second-order valence-corrected chi connectivity index (χ2v) is 5.95. The van der Waals surface area contributed by atoms with Crippen molar-refractivity contribution in [3.05, 3.63) is 72.0 Å². The minimum atomic E-state index is -0.875. The molecule has 136 valence electrons. The average molecular weight is 366 g/mol. The lowest BCUT2D eigenvalue weighted by Crippen LogP contribution is -2.31. The Hall–Kier alpha value is -3.52. The summed E-state index contributed by atoms with van der Waals surface area (Å²) in [7, 11) is 0. The van der Waals surface area contributed by atoms with Crippen LogP contribution in [0.5, 0.6) is 0 Å². The molecule has 27 heavy (non-hydrogen) atoms. The van der Waals surface area contributed by atoms with E-state index in [0.29, 0.717) is 5.82 Å². The van der Waals surface area contributed by atoms with Gasteiger partial charge in [0.2, 0.25) is 5.82 Å². The van der Waals surface area contributed by atoms with E-state index in [1.54, 1.807) is 0 Å². The summed E-state index contributed by atoms with van der Waals surface area (Å²) in [6.45, 7) is -0.425. The van der Waals surface area contributed by atoms with Crippen LogP contribution in [0, 0.1) is 5.82 Å². The predicted molar refractivity (Wildman–Crippen MR) is 95.3 cm³/mol. The number of fused-ring (bicyclic) bond motifs is 1. The summed E-state index contributed by atoms with van der Waals surface area (Å²) in [5.41, 5.74) is 1.99. The zero-order valence-corrected chi connectivity index (χ0v) is 14.0. The minimum Gasteiger partial charge on any atom is -0.394 e. The number of carbonyl (C=O) groups excluding carboxylic acids is 1. The molecule has 4 aromatic rings. The molecule has 0 saturated carbocycles. The van der Waals surface area contributed by atoms with Gasteiger partial charge in [-0.05, 0) is 48.5 Å². The van der Waals surface area contributed by atoms with Crippen molar-refractivity contribution in [1.82, 2.24) is 20.4 Å². The van der Waals surface area contributed by atoms with Gasteiger partial charge >= 0.3 is 0 Å². The van der Waals surface area contributed by atoms with Crippen LogP contribution in [-0.4, -0.2) is 32.7 Å². The van der Waals surface area contributed by atoms with Crippen LogP contribution in [0.25, 0.3) is 22.3 Å². The highest BCUT2D eigenvalue weighted by molar-refractivity contribution is 5.94. The number of aromatic nitrogens is 3. The molecular formula is C19H15FN4O3. The van der Waals surface area contributed by atoms with Gasteiger partial charge in [-0.25, -0.2) is 4.39 Å². The number of nitrogens with zero attached hydrogens (tertiary/aromatic N) is 2. The normalized spacial score (nSPS) is 12.2. The van der Waals surface area contributed by atoms with Crippen LogP contribution in [0.4, 0.5) is 4.39 Å². The lowest BCUT2D eigenvalue weighted by Gasteiger charge is -2.12. The van der Waals surface area contributed by atoms with E-state index in [-0.39, 0.29) is 11.5 Å². The summed E-state index contributed by atoms with van der Waals surface area (Å²) in [6.07, 6.45) is 1.84. The fourth-order valence-electron chi connectivity index (χ4n) is 2.71. The fraction of sp³-hybridized carbons (Fsp3) is 0.105. The minimum absolute atomic E-state index is 0.0807. The number of aliphatic hydroxyl groups is 1. The molecule has 0 aliphatic heterocycles. The maximum absolute atomic E-state index is 13.0. The van der Waals surface area contributed by atoms with Gasteiger partial charge in [-0.3, -0.25) is 4.79 Å². The number of hydrogen-bond acceptors (Lipinski definition) is 5. The first-order chi connectivity index (χ1) is 13.1. The maximum Gasteiger partial charge on any atom is 0.251 e. The van der Waals surface area contributed by atoms with Crippen molar-refractivity contribution in [2.75, 3.05) is 6.61 Å². The molecule has 0 spiro atoms. The molecule has 0 aliphatic rings. The molecule has 1 atom stereocenters. The average Bonchev–Trinajstić information content (AvgIpc) is 3.35. The molecule has 0 radical (unpaired) electrons. The molecule has 0 fully saturated rings. The number of aromatic amines is 1. The molecule has 8 heteroatoms. The highest BCUT2D eigenvalue weighted by atomic mass is 19.1. The van der Waals surface area contributed by atoms with Gasteiger partial charge in [-0.1, -0.05) is 5.16 Å². The molecule has 0 aliphatic carbocycles. The summed E-state index contributed by atoms with van der Waals surface area (Å²) < 4.78 is 18.2. The van der Waals surface area contributed by atoms with E-state index in [9.17, 15) is 14.3 Å². The summed E-state index contributed by atoms with van der Waals surface area (Å²) in [4.78, 5) is 19.6. The Morgan fingerprint density at radius 2 is 2.04 bits per heavy atom. The number of benzene rings is 2. The van der Waals surface area contributed by atoms with E-state index in [2.05, 4.69) is 20.4 Å². The fourth-order valence-corrected chi connectivity index (χ4v) is 2.71. The van der Waals surface area contributed by atoms with Crippen molar-refractivity contribution in [3.63, 3.8) is 0 Å². The molecule has 0 saturated heterocycles. The van der Waals surface area contributed by atoms with E-state index in [4.69, 9.17) is 4.52 Å². The van der Waals surface area contributed by atoms with E-state index in [1.165, 1.54) is 24.3 Å². The molecule has 7 nitrogen and oxygen atoms in total. The van der Waals surface area contributed by atoms with Crippen LogP contribution in [-0.2, 0) is 0 Å². The molecule has 2 heterocycles. The van der Waals surface area contributed by atoms with Gasteiger partial charge in [0.15, 0.2) is 0 Å². The van der Waals surface area contributed by atoms with Crippen molar-refractivity contribution in [2.45, 2.75) is 6.04 Å². The first kappa shape index (κ1) is 16.9. The summed E-state index contributed by atoms with van der Waals surface area (Å²) in [5.74, 6) is -0.492. The third-order valence-electron chi connectivity index (χ3n) is 4.15. The molecule has 1 amide bonds. The highest BCUT2D eigenvalue weighted by Crippen LogP contribution is 2.23. The zero-order chi connectivity index (χ0) is 18.8. The number of halogens is 1. The molecule has 2 aromatic carbocycles. The summed E-state index contributed by atoms with van der Waals surface area (Å²) >= 11 is 0. The van der Waals surface area contributed by atoms with Crippen LogP contribution in [0.15, 0.2) is 59.3 Å². The van der Waals surface area contributed by atoms with Crippen molar-refractivity contribution in [2.24, 2.45) is 0 Å². The van der Waals surface area contributed by atoms with Crippen LogP contribution in [0.1, 0.15) is 22.3 Å². The smallest absolute Gasteiger partial charge is 0.251 e. The van der Waals surface area contributed by atoms with Crippen LogP contribution in [0.2, 0.25) is 0 Å². The summed E-state index contributed by atoms with van der Waals surface area (Å²) in [5, 5.41) is 17.1.